The van der Waals surface area contributed by atoms with Crippen molar-refractivity contribution >= 4 is 29.9 Å². The Morgan fingerprint density at radius 2 is 2.07 bits per heavy atom. The third kappa shape index (κ3) is 7.32. The van der Waals surface area contributed by atoms with Gasteiger partial charge < -0.3 is 19.8 Å². The first-order chi connectivity index (χ1) is 14.1. The molecule has 1 atom stereocenters. The summed E-state index contributed by atoms with van der Waals surface area (Å²) in [6.07, 6.45) is 2.09. The first-order valence-electron chi connectivity index (χ1n) is 9.53. The van der Waals surface area contributed by atoms with Crippen LogP contribution in [-0.4, -0.2) is 46.9 Å². The lowest BCUT2D eigenvalue weighted by Gasteiger charge is -2.15. The van der Waals surface area contributed by atoms with Crippen LogP contribution in [0.1, 0.15) is 19.7 Å². The Bertz CT molecular complexity index is 898. The van der Waals surface area contributed by atoms with Crippen LogP contribution < -0.4 is 15.4 Å². The molecule has 2 aromatic heterocycles. The van der Waals surface area contributed by atoms with Crippen LogP contribution in [0.4, 0.5) is 4.39 Å². The van der Waals surface area contributed by atoms with E-state index < -0.39 is 0 Å². The van der Waals surface area contributed by atoms with E-state index in [2.05, 4.69) is 30.8 Å². The molecule has 10 heteroatoms. The molecule has 1 aromatic carbocycles. The van der Waals surface area contributed by atoms with E-state index in [4.69, 9.17) is 9.15 Å². The maximum absolute atomic E-state index is 13.0. The van der Waals surface area contributed by atoms with Crippen molar-refractivity contribution in [2.45, 2.75) is 26.4 Å². The number of halogens is 2. The Balaban J connectivity index is 0.00000320. The number of furan rings is 1. The van der Waals surface area contributed by atoms with Crippen molar-refractivity contribution in [2.24, 2.45) is 4.99 Å². The van der Waals surface area contributed by atoms with E-state index in [-0.39, 0.29) is 35.9 Å². The zero-order valence-corrected chi connectivity index (χ0v) is 19.2. The first-order valence-corrected chi connectivity index (χ1v) is 9.53. The summed E-state index contributed by atoms with van der Waals surface area (Å²) >= 11 is 0. The van der Waals surface area contributed by atoms with E-state index in [9.17, 15) is 4.39 Å². The lowest BCUT2D eigenvalue weighted by molar-refractivity contribution is 0.230. The Hall–Kier alpha value is -2.63. The van der Waals surface area contributed by atoms with Crippen molar-refractivity contribution in [1.29, 1.82) is 0 Å². The van der Waals surface area contributed by atoms with Crippen LogP contribution in [-0.2, 0) is 6.42 Å². The van der Waals surface area contributed by atoms with Crippen LogP contribution in [0.25, 0.3) is 11.6 Å². The fraction of sp³-hybridized carbons (Fsp3) is 0.350. The predicted octanol–water partition coefficient (Wildman–Crippen LogP) is 3.39. The molecule has 3 rings (SSSR count). The number of aliphatic imine (C=N–C) groups is 1. The molecule has 0 aliphatic rings. The Morgan fingerprint density at radius 3 is 2.77 bits per heavy atom. The highest BCUT2D eigenvalue weighted by Gasteiger charge is 2.09. The lowest BCUT2D eigenvalue weighted by Crippen LogP contribution is -2.39. The van der Waals surface area contributed by atoms with Crippen molar-refractivity contribution in [3.05, 3.63) is 54.3 Å². The van der Waals surface area contributed by atoms with Gasteiger partial charge in [0.05, 0.1) is 12.8 Å². The molecule has 0 bridgehead atoms. The molecule has 2 heterocycles. The van der Waals surface area contributed by atoms with Crippen molar-refractivity contribution in [3.8, 4) is 17.3 Å². The van der Waals surface area contributed by atoms with Gasteiger partial charge in [-0.15, -0.1) is 24.0 Å². The van der Waals surface area contributed by atoms with Crippen molar-refractivity contribution in [2.75, 3.05) is 19.6 Å². The number of nitrogens with one attached hydrogen (secondary N) is 3. The maximum atomic E-state index is 13.0. The highest BCUT2D eigenvalue weighted by Crippen LogP contribution is 2.14. The summed E-state index contributed by atoms with van der Waals surface area (Å²) in [5.74, 6) is 2.94. The number of guanidine groups is 1. The molecule has 30 heavy (non-hydrogen) atoms. The minimum Gasteiger partial charge on any atom is -0.489 e. The number of ether oxygens (including phenoxy) is 1. The molecule has 3 aromatic rings. The van der Waals surface area contributed by atoms with Gasteiger partial charge in [-0.3, -0.25) is 5.10 Å². The number of hydrogen-bond donors (Lipinski definition) is 3. The van der Waals surface area contributed by atoms with Gasteiger partial charge in [0.2, 0.25) is 5.82 Å². The second kappa shape index (κ2) is 12.2. The molecule has 0 radical (unpaired) electrons. The minimum atomic E-state index is -0.287. The van der Waals surface area contributed by atoms with Crippen LogP contribution in [0, 0.1) is 5.82 Å². The number of hydrogen-bond acceptors (Lipinski definition) is 5. The summed E-state index contributed by atoms with van der Waals surface area (Å²) in [4.78, 5) is 8.95. The molecule has 162 valence electrons. The molecule has 0 amide bonds. The van der Waals surface area contributed by atoms with Gasteiger partial charge in [-0.2, -0.15) is 5.10 Å². The number of nitrogens with zero attached hydrogens (tertiary/aromatic N) is 3. The third-order valence-corrected chi connectivity index (χ3v) is 3.93. The zero-order chi connectivity index (χ0) is 20.5. The first kappa shape index (κ1) is 23.6. The second-order valence-electron chi connectivity index (χ2n) is 6.36. The van der Waals surface area contributed by atoms with Gasteiger partial charge in [-0.25, -0.2) is 14.4 Å². The Morgan fingerprint density at radius 1 is 1.27 bits per heavy atom. The summed E-state index contributed by atoms with van der Waals surface area (Å²) < 4.78 is 24.0. The van der Waals surface area contributed by atoms with Crippen LogP contribution >= 0.6 is 24.0 Å². The number of aromatic nitrogens is 3. The molecule has 0 spiro atoms. The van der Waals surface area contributed by atoms with E-state index >= 15 is 0 Å². The van der Waals surface area contributed by atoms with E-state index in [1.165, 1.54) is 12.1 Å². The average Bonchev–Trinajstić information content (AvgIpc) is 3.39. The zero-order valence-electron chi connectivity index (χ0n) is 16.9. The average molecular weight is 528 g/mol. The number of H-pyrrole nitrogens is 1. The van der Waals surface area contributed by atoms with Gasteiger partial charge in [0.25, 0.3) is 0 Å². The van der Waals surface area contributed by atoms with Crippen molar-refractivity contribution in [3.63, 3.8) is 0 Å². The van der Waals surface area contributed by atoms with Gasteiger partial charge in [-0.1, -0.05) is 0 Å². The van der Waals surface area contributed by atoms with Gasteiger partial charge in [0.1, 0.15) is 23.5 Å². The van der Waals surface area contributed by atoms with Crippen LogP contribution in [0.5, 0.6) is 5.75 Å². The number of rotatable bonds is 9. The number of benzene rings is 1. The number of aromatic amines is 1. The molecular formula is C20H26FIN6O2. The van der Waals surface area contributed by atoms with Crippen molar-refractivity contribution < 1.29 is 13.5 Å². The Labute approximate surface area is 191 Å². The summed E-state index contributed by atoms with van der Waals surface area (Å²) in [6, 6.07) is 9.57. The highest BCUT2D eigenvalue weighted by atomic mass is 127. The van der Waals surface area contributed by atoms with Gasteiger partial charge in [-0.05, 0) is 50.2 Å². The van der Waals surface area contributed by atoms with Crippen LogP contribution in [0.2, 0.25) is 0 Å². The van der Waals surface area contributed by atoms with E-state index in [0.29, 0.717) is 42.8 Å². The van der Waals surface area contributed by atoms with E-state index in [0.717, 1.165) is 12.4 Å². The minimum absolute atomic E-state index is 0. The van der Waals surface area contributed by atoms with Gasteiger partial charge in [0.15, 0.2) is 11.7 Å². The standard InChI is InChI=1S/C20H25FN6O2.HI/c1-3-22-20(24-13-14(2)29-16-8-6-15(21)7-9-16)23-11-10-18-25-19(27-26-18)17-5-4-12-28-17;/h4-9,12,14H,3,10-11,13H2,1-2H3,(H2,22,23,24)(H,25,26,27);1H. The second-order valence-corrected chi connectivity index (χ2v) is 6.36. The molecule has 0 saturated carbocycles. The molecular weight excluding hydrogens is 502 g/mol. The monoisotopic (exact) mass is 528 g/mol. The molecule has 0 fully saturated rings. The van der Waals surface area contributed by atoms with Crippen LogP contribution in [0.3, 0.4) is 0 Å². The normalized spacial score (nSPS) is 12.2. The Kier molecular flexibility index (Phi) is 9.58. The van der Waals surface area contributed by atoms with Gasteiger partial charge >= 0.3 is 0 Å². The highest BCUT2D eigenvalue weighted by molar-refractivity contribution is 14.0. The third-order valence-electron chi connectivity index (χ3n) is 3.93. The van der Waals surface area contributed by atoms with E-state index in [1.54, 1.807) is 24.5 Å². The van der Waals surface area contributed by atoms with E-state index in [1.807, 2.05) is 19.9 Å². The molecule has 0 aliphatic carbocycles. The quantitative estimate of drug-likeness (QED) is 0.224. The fourth-order valence-electron chi connectivity index (χ4n) is 2.57. The molecule has 0 saturated heterocycles. The fourth-order valence-corrected chi connectivity index (χ4v) is 2.57. The largest absolute Gasteiger partial charge is 0.489 e. The molecule has 1 unspecified atom stereocenters. The topological polar surface area (TPSA) is 100 Å². The summed E-state index contributed by atoms with van der Waals surface area (Å²) in [5.41, 5.74) is 0. The SMILES string of the molecule is CCNC(=NCC(C)Oc1ccc(F)cc1)NCCc1nc(-c2ccco2)n[nH]1.I. The summed E-state index contributed by atoms with van der Waals surface area (Å²) in [6.45, 7) is 5.75. The molecule has 8 nitrogen and oxygen atoms in total. The predicted molar refractivity (Wildman–Crippen MR) is 124 cm³/mol. The molecule has 3 N–H and O–H groups in total. The maximum Gasteiger partial charge on any atom is 0.216 e. The smallest absolute Gasteiger partial charge is 0.216 e. The molecule has 0 aliphatic heterocycles. The lowest BCUT2D eigenvalue weighted by atomic mass is 10.3. The van der Waals surface area contributed by atoms with Crippen molar-refractivity contribution in [1.82, 2.24) is 25.8 Å². The van der Waals surface area contributed by atoms with Gasteiger partial charge in [0, 0.05) is 19.5 Å². The summed E-state index contributed by atoms with van der Waals surface area (Å²) in [7, 11) is 0. The van der Waals surface area contributed by atoms with Crippen LogP contribution in [0.15, 0.2) is 52.1 Å². The summed E-state index contributed by atoms with van der Waals surface area (Å²) in [5, 5.41) is 13.5.